The molecule has 0 spiro atoms. The van der Waals surface area contributed by atoms with Crippen LogP contribution < -0.4 is 5.32 Å². The molecule has 0 saturated carbocycles. The lowest BCUT2D eigenvalue weighted by Crippen LogP contribution is -2.52. The van der Waals surface area contributed by atoms with Gasteiger partial charge in [0.1, 0.15) is 5.82 Å². The molecule has 0 aliphatic carbocycles. The Morgan fingerprint density at radius 1 is 1.52 bits per heavy atom. The van der Waals surface area contributed by atoms with E-state index in [0.29, 0.717) is 5.02 Å². The summed E-state index contributed by atoms with van der Waals surface area (Å²) in [5.41, 5.74) is 0.962. The van der Waals surface area contributed by atoms with Crippen molar-refractivity contribution in [1.29, 1.82) is 0 Å². The molecule has 1 aliphatic rings. The van der Waals surface area contributed by atoms with Gasteiger partial charge < -0.3 is 15.0 Å². The van der Waals surface area contributed by atoms with Crippen molar-refractivity contribution >= 4 is 11.6 Å². The molecule has 0 bridgehead atoms. The van der Waals surface area contributed by atoms with E-state index < -0.39 is 0 Å². The van der Waals surface area contributed by atoms with E-state index in [1.54, 1.807) is 6.07 Å². The number of likely N-dealkylation sites (N-methyl/N-ethyl adjacent to an activating group) is 1. The summed E-state index contributed by atoms with van der Waals surface area (Å²) in [6, 6.07) is 4.80. The molecule has 0 aromatic heterocycles. The molecule has 2 unspecified atom stereocenters. The van der Waals surface area contributed by atoms with Crippen LogP contribution in [0.3, 0.4) is 0 Å². The van der Waals surface area contributed by atoms with Gasteiger partial charge in [-0.05, 0) is 44.1 Å². The maximum atomic E-state index is 13.2. The predicted octanol–water partition coefficient (Wildman–Crippen LogP) is 2.72. The molecule has 5 heteroatoms. The van der Waals surface area contributed by atoms with Gasteiger partial charge in [-0.15, -0.1) is 0 Å². The Hall–Kier alpha value is -0.680. The Bertz CT molecular complexity index is 458. The largest absolute Gasteiger partial charge is 0.374 e. The molecule has 1 fully saturated rings. The highest BCUT2D eigenvalue weighted by atomic mass is 35.5. The van der Waals surface area contributed by atoms with Crippen molar-refractivity contribution < 1.29 is 9.13 Å². The van der Waals surface area contributed by atoms with Gasteiger partial charge in [0.05, 0.1) is 12.7 Å². The van der Waals surface area contributed by atoms with E-state index in [1.807, 2.05) is 0 Å². The van der Waals surface area contributed by atoms with Gasteiger partial charge in [-0.3, -0.25) is 0 Å². The number of halogens is 2. The van der Waals surface area contributed by atoms with Crippen molar-refractivity contribution in [3.05, 3.63) is 34.6 Å². The molecule has 2 rings (SSSR count). The summed E-state index contributed by atoms with van der Waals surface area (Å²) < 4.78 is 19.1. The molecule has 0 amide bonds. The molecule has 1 aromatic rings. The van der Waals surface area contributed by atoms with Crippen molar-refractivity contribution in [3.8, 4) is 0 Å². The zero-order valence-corrected chi connectivity index (χ0v) is 13.5. The number of hydrogen-bond acceptors (Lipinski definition) is 3. The summed E-state index contributed by atoms with van der Waals surface area (Å²) in [4.78, 5) is 2.28. The molecule has 3 nitrogen and oxygen atoms in total. The van der Waals surface area contributed by atoms with Crippen molar-refractivity contribution in [3.63, 3.8) is 0 Å². The Morgan fingerprint density at radius 3 is 3.00 bits per heavy atom. The van der Waals surface area contributed by atoms with Gasteiger partial charge in [0.15, 0.2) is 0 Å². The number of rotatable bonds is 6. The van der Waals surface area contributed by atoms with Gasteiger partial charge in [0.2, 0.25) is 0 Å². The van der Waals surface area contributed by atoms with Crippen molar-refractivity contribution in [2.45, 2.75) is 31.9 Å². The van der Waals surface area contributed by atoms with E-state index >= 15 is 0 Å². The van der Waals surface area contributed by atoms with Gasteiger partial charge in [-0.2, -0.15) is 0 Å². The minimum Gasteiger partial charge on any atom is -0.374 e. The van der Waals surface area contributed by atoms with E-state index in [4.69, 9.17) is 16.3 Å². The Kier molecular flexibility index (Phi) is 6.42. The van der Waals surface area contributed by atoms with Gasteiger partial charge in [-0.1, -0.05) is 24.6 Å². The van der Waals surface area contributed by atoms with Crippen LogP contribution in [0.1, 0.15) is 18.9 Å². The number of morpholine rings is 1. The second-order valence-corrected chi connectivity index (χ2v) is 6.08. The summed E-state index contributed by atoms with van der Waals surface area (Å²) in [5.74, 6) is -0.296. The summed E-state index contributed by atoms with van der Waals surface area (Å²) in [6.07, 6.45) is 1.95. The fraction of sp³-hybridized carbons (Fsp3) is 0.625. The molecule has 1 heterocycles. The van der Waals surface area contributed by atoms with E-state index in [9.17, 15) is 4.39 Å². The first-order chi connectivity index (χ1) is 10.1. The summed E-state index contributed by atoms with van der Waals surface area (Å²) >= 11 is 6.16. The molecule has 1 saturated heterocycles. The highest BCUT2D eigenvalue weighted by Crippen LogP contribution is 2.21. The molecule has 1 aromatic carbocycles. The predicted molar refractivity (Wildman–Crippen MR) is 84.4 cm³/mol. The van der Waals surface area contributed by atoms with E-state index in [2.05, 4.69) is 24.2 Å². The highest BCUT2D eigenvalue weighted by Gasteiger charge is 2.27. The maximum absolute atomic E-state index is 13.2. The van der Waals surface area contributed by atoms with E-state index in [0.717, 1.165) is 44.6 Å². The Morgan fingerprint density at radius 2 is 2.33 bits per heavy atom. The number of nitrogens with zero attached hydrogens (tertiary/aromatic N) is 1. The zero-order chi connectivity index (χ0) is 15.2. The zero-order valence-electron chi connectivity index (χ0n) is 12.7. The van der Waals surface area contributed by atoms with Crippen molar-refractivity contribution in [1.82, 2.24) is 10.2 Å². The standard InChI is InChI=1S/C16H24ClFN2O/c1-3-6-19-15(16-11-20(2)7-8-21-16)9-12-4-5-13(18)10-14(12)17/h4-5,10,15-16,19H,3,6-9,11H2,1-2H3. The van der Waals surface area contributed by atoms with Crippen LogP contribution in [0, 0.1) is 5.82 Å². The van der Waals surface area contributed by atoms with Crippen LogP contribution in [0.5, 0.6) is 0 Å². The third kappa shape index (κ3) is 4.92. The fourth-order valence-corrected chi connectivity index (χ4v) is 2.89. The van der Waals surface area contributed by atoms with Crippen molar-refractivity contribution in [2.24, 2.45) is 0 Å². The minimum atomic E-state index is -0.296. The molecular weight excluding hydrogens is 291 g/mol. The summed E-state index contributed by atoms with van der Waals surface area (Å²) in [6.45, 7) is 5.70. The van der Waals surface area contributed by atoms with E-state index in [-0.39, 0.29) is 18.0 Å². The van der Waals surface area contributed by atoms with Crippen molar-refractivity contribution in [2.75, 3.05) is 33.3 Å². The Labute approximate surface area is 131 Å². The summed E-state index contributed by atoms with van der Waals surface area (Å²) in [5, 5.41) is 4.03. The first-order valence-corrected chi connectivity index (χ1v) is 7.95. The smallest absolute Gasteiger partial charge is 0.124 e. The quantitative estimate of drug-likeness (QED) is 0.874. The topological polar surface area (TPSA) is 24.5 Å². The third-order valence-electron chi connectivity index (χ3n) is 3.86. The monoisotopic (exact) mass is 314 g/mol. The minimum absolute atomic E-state index is 0.136. The normalized spacial score (nSPS) is 21.4. The summed E-state index contributed by atoms with van der Waals surface area (Å²) in [7, 11) is 2.11. The van der Waals surface area contributed by atoms with Crippen LogP contribution in [0.2, 0.25) is 5.02 Å². The fourth-order valence-electron chi connectivity index (χ4n) is 2.64. The second-order valence-electron chi connectivity index (χ2n) is 5.67. The third-order valence-corrected chi connectivity index (χ3v) is 4.21. The first kappa shape index (κ1) is 16.7. The van der Waals surface area contributed by atoms with E-state index in [1.165, 1.54) is 12.1 Å². The second kappa shape index (κ2) is 8.08. The van der Waals surface area contributed by atoms with Gasteiger partial charge in [0, 0.05) is 24.2 Å². The van der Waals surface area contributed by atoms with Crippen LogP contribution in [0.4, 0.5) is 4.39 Å². The average molecular weight is 315 g/mol. The van der Waals surface area contributed by atoms with Crippen LogP contribution in [-0.4, -0.2) is 50.3 Å². The molecule has 1 N–H and O–H groups in total. The number of benzene rings is 1. The molecule has 21 heavy (non-hydrogen) atoms. The molecule has 2 atom stereocenters. The van der Waals surface area contributed by atoms with Gasteiger partial charge in [0.25, 0.3) is 0 Å². The highest BCUT2D eigenvalue weighted by molar-refractivity contribution is 6.31. The molecular formula is C16H24ClFN2O. The number of nitrogens with one attached hydrogen (secondary N) is 1. The van der Waals surface area contributed by atoms with Crippen LogP contribution >= 0.6 is 11.6 Å². The molecule has 118 valence electrons. The Balaban J connectivity index is 2.07. The average Bonchev–Trinajstić information content (AvgIpc) is 2.45. The SMILES string of the molecule is CCCNC(Cc1ccc(F)cc1Cl)C1CN(C)CCO1. The number of hydrogen-bond donors (Lipinski definition) is 1. The lowest BCUT2D eigenvalue weighted by molar-refractivity contribution is -0.0383. The first-order valence-electron chi connectivity index (χ1n) is 7.57. The van der Waals surface area contributed by atoms with Gasteiger partial charge in [-0.25, -0.2) is 4.39 Å². The lowest BCUT2D eigenvalue weighted by Gasteiger charge is -2.36. The maximum Gasteiger partial charge on any atom is 0.124 e. The van der Waals surface area contributed by atoms with Gasteiger partial charge >= 0.3 is 0 Å². The van der Waals surface area contributed by atoms with Crippen LogP contribution in [0.25, 0.3) is 0 Å². The number of ether oxygens (including phenoxy) is 1. The molecule has 0 radical (unpaired) electrons. The van der Waals surface area contributed by atoms with Crippen LogP contribution in [0.15, 0.2) is 18.2 Å². The lowest BCUT2D eigenvalue weighted by atomic mass is 9.99. The van der Waals surface area contributed by atoms with Crippen LogP contribution in [-0.2, 0) is 11.2 Å². The molecule has 1 aliphatic heterocycles.